The maximum Gasteiger partial charge on any atom is 0.177 e. The summed E-state index contributed by atoms with van der Waals surface area (Å²) in [6.07, 6.45) is 0. The number of anilines is 3. The van der Waals surface area contributed by atoms with E-state index in [1.807, 2.05) is 36.4 Å². The molecule has 1 heterocycles. The van der Waals surface area contributed by atoms with Crippen LogP contribution in [0.15, 0.2) is 164 Å². The molecule has 212 valence electrons. The van der Waals surface area contributed by atoms with Crippen molar-refractivity contribution >= 4 is 49.4 Å². The number of para-hydroxylation sites is 4. The Morgan fingerprint density at radius 1 is 0.333 bits per heavy atom. The summed E-state index contributed by atoms with van der Waals surface area (Å²) < 4.78 is 12.5. The number of rotatable bonds is 4. The van der Waals surface area contributed by atoms with E-state index in [0.717, 1.165) is 51.2 Å². The highest BCUT2D eigenvalue weighted by molar-refractivity contribution is 6.25. The lowest BCUT2D eigenvalue weighted by atomic mass is 9.94. The first-order valence-corrected chi connectivity index (χ1v) is 15.2. The smallest absolute Gasteiger partial charge is 0.177 e. The van der Waals surface area contributed by atoms with Crippen LogP contribution in [0.3, 0.4) is 0 Å². The molecule has 0 aliphatic carbocycles. The number of ether oxygens (including phenoxy) is 2. The van der Waals surface area contributed by atoms with Crippen LogP contribution in [0.2, 0.25) is 0 Å². The molecule has 0 amide bonds. The van der Waals surface area contributed by atoms with E-state index in [-0.39, 0.29) is 0 Å². The van der Waals surface area contributed by atoms with E-state index >= 15 is 0 Å². The summed E-state index contributed by atoms with van der Waals surface area (Å²) in [7, 11) is 0. The van der Waals surface area contributed by atoms with Gasteiger partial charge in [-0.1, -0.05) is 109 Å². The topological polar surface area (TPSA) is 21.7 Å². The maximum absolute atomic E-state index is 6.35. The molecule has 0 unspecified atom stereocenters. The van der Waals surface area contributed by atoms with Crippen LogP contribution >= 0.6 is 0 Å². The molecule has 1 aliphatic rings. The van der Waals surface area contributed by atoms with E-state index in [0.29, 0.717) is 0 Å². The Labute approximate surface area is 261 Å². The molecule has 0 N–H and O–H groups in total. The lowest BCUT2D eigenvalue weighted by Gasteiger charge is -2.27. The molecule has 9 rings (SSSR count). The molecule has 3 heteroatoms. The molecule has 0 atom stereocenters. The first kappa shape index (κ1) is 25.4. The number of benzene rings is 8. The van der Waals surface area contributed by atoms with Gasteiger partial charge >= 0.3 is 0 Å². The van der Waals surface area contributed by atoms with E-state index in [4.69, 9.17) is 9.47 Å². The third-order valence-corrected chi connectivity index (χ3v) is 8.70. The molecule has 0 radical (unpaired) electrons. The molecule has 0 saturated carbocycles. The van der Waals surface area contributed by atoms with E-state index < -0.39 is 0 Å². The van der Waals surface area contributed by atoms with Crippen LogP contribution in [0, 0.1) is 0 Å². The van der Waals surface area contributed by atoms with Crippen molar-refractivity contribution in [3.63, 3.8) is 0 Å². The lowest BCUT2D eigenvalue weighted by molar-refractivity contribution is 0.361. The molecule has 3 nitrogen and oxygen atoms in total. The average Bonchev–Trinajstić information content (AvgIpc) is 3.11. The summed E-state index contributed by atoms with van der Waals surface area (Å²) in [6, 6.07) is 57.3. The second kappa shape index (κ2) is 10.3. The van der Waals surface area contributed by atoms with Crippen molar-refractivity contribution in [1.29, 1.82) is 0 Å². The first-order valence-electron chi connectivity index (χ1n) is 15.2. The van der Waals surface area contributed by atoms with Crippen molar-refractivity contribution in [2.75, 3.05) is 4.90 Å². The molecular formula is C42H27NO2. The van der Waals surface area contributed by atoms with E-state index in [1.165, 1.54) is 32.3 Å². The van der Waals surface area contributed by atoms with Gasteiger partial charge in [0, 0.05) is 22.6 Å². The minimum absolute atomic E-state index is 0.720. The Morgan fingerprint density at radius 3 is 1.53 bits per heavy atom. The Kier molecular flexibility index (Phi) is 5.82. The summed E-state index contributed by atoms with van der Waals surface area (Å²) in [4.78, 5) is 2.32. The van der Waals surface area contributed by atoms with Gasteiger partial charge in [-0.2, -0.15) is 0 Å². The van der Waals surface area contributed by atoms with Crippen LogP contribution in [0.25, 0.3) is 43.4 Å². The molecular weight excluding hydrogens is 550 g/mol. The summed E-state index contributed by atoms with van der Waals surface area (Å²) in [6.45, 7) is 0. The van der Waals surface area contributed by atoms with Crippen molar-refractivity contribution < 1.29 is 9.47 Å². The largest absolute Gasteiger partial charge is 0.449 e. The second-order valence-electron chi connectivity index (χ2n) is 11.3. The highest BCUT2D eigenvalue weighted by Crippen LogP contribution is 2.50. The Balaban J connectivity index is 1.17. The van der Waals surface area contributed by atoms with E-state index in [2.05, 4.69) is 132 Å². The number of hydrogen-bond donors (Lipinski definition) is 0. The molecule has 8 aromatic carbocycles. The van der Waals surface area contributed by atoms with Gasteiger partial charge in [0.1, 0.15) is 0 Å². The van der Waals surface area contributed by atoms with Crippen LogP contribution in [0.4, 0.5) is 17.1 Å². The zero-order valence-electron chi connectivity index (χ0n) is 24.4. The molecule has 0 aromatic heterocycles. The van der Waals surface area contributed by atoms with Gasteiger partial charge < -0.3 is 14.4 Å². The fourth-order valence-electron chi connectivity index (χ4n) is 6.63. The van der Waals surface area contributed by atoms with Gasteiger partial charge in [0.15, 0.2) is 23.0 Å². The monoisotopic (exact) mass is 577 g/mol. The SMILES string of the molecule is c1ccc(N(c2ccc(-c3cccc4c3Oc3ccccc3O4)cc2)c2ccc3c4ccccc4c4ccccc4c3c2)cc1. The molecule has 45 heavy (non-hydrogen) atoms. The van der Waals surface area contributed by atoms with E-state index in [9.17, 15) is 0 Å². The highest BCUT2D eigenvalue weighted by atomic mass is 16.6. The molecule has 1 aliphatic heterocycles. The van der Waals surface area contributed by atoms with Gasteiger partial charge in [0.25, 0.3) is 0 Å². The van der Waals surface area contributed by atoms with Crippen molar-refractivity contribution in [2.24, 2.45) is 0 Å². The zero-order valence-corrected chi connectivity index (χ0v) is 24.4. The summed E-state index contributed by atoms with van der Waals surface area (Å²) in [5, 5.41) is 7.59. The van der Waals surface area contributed by atoms with Gasteiger partial charge in [0.05, 0.1) is 0 Å². The van der Waals surface area contributed by atoms with E-state index in [1.54, 1.807) is 0 Å². The molecule has 8 aromatic rings. The number of nitrogens with zero attached hydrogens (tertiary/aromatic N) is 1. The number of fused-ring (bicyclic) bond motifs is 8. The summed E-state index contributed by atoms with van der Waals surface area (Å²) in [5.74, 6) is 2.91. The van der Waals surface area contributed by atoms with Crippen molar-refractivity contribution in [3.8, 4) is 34.1 Å². The Bertz CT molecular complexity index is 2340. The molecule has 0 fully saturated rings. The van der Waals surface area contributed by atoms with Crippen LogP contribution in [-0.4, -0.2) is 0 Å². The third-order valence-electron chi connectivity index (χ3n) is 8.70. The van der Waals surface area contributed by atoms with Crippen LogP contribution in [0.1, 0.15) is 0 Å². The van der Waals surface area contributed by atoms with Crippen LogP contribution in [0.5, 0.6) is 23.0 Å². The minimum Gasteiger partial charge on any atom is -0.449 e. The minimum atomic E-state index is 0.720. The quantitative estimate of drug-likeness (QED) is 0.194. The van der Waals surface area contributed by atoms with Gasteiger partial charge in [-0.15, -0.1) is 0 Å². The van der Waals surface area contributed by atoms with Gasteiger partial charge in [-0.05, 0) is 92.5 Å². The summed E-state index contributed by atoms with van der Waals surface area (Å²) >= 11 is 0. The fourth-order valence-corrected chi connectivity index (χ4v) is 6.63. The number of hydrogen-bond acceptors (Lipinski definition) is 3. The first-order chi connectivity index (χ1) is 22.3. The van der Waals surface area contributed by atoms with Crippen LogP contribution < -0.4 is 14.4 Å². The average molecular weight is 578 g/mol. The second-order valence-corrected chi connectivity index (χ2v) is 11.3. The van der Waals surface area contributed by atoms with Gasteiger partial charge in [-0.3, -0.25) is 0 Å². The zero-order chi connectivity index (χ0) is 29.7. The van der Waals surface area contributed by atoms with Crippen molar-refractivity contribution in [1.82, 2.24) is 0 Å². The van der Waals surface area contributed by atoms with Gasteiger partial charge in [-0.25, -0.2) is 0 Å². The van der Waals surface area contributed by atoms with Crippen molar-refractivity contribution in [2.45, 2.75) is 0 Å². The predicted molar refractivity (Wildman–Crippen MR) is 186 cm³/mol. The normalized spacial score (nSPS) is 11.9. The van der Waals surface area contributed by atoms with Crippen molar-refractivity contribution in [3.05, 3.63) is 164 Å². The molecule has 0 saturated heterocycles. The summed E-state index contributed by atoms with van der Waals surface area (Å²) in [5.41, 5.74) is 5.32. The lowest BCUT2D eigenvalue weighted by Crippen LogP contribution is -2.09. The highest BCUT2D eigenvalue weighted by Gasteiger charge is 2.22. The molecule has 0 bridgehead atoms. The Morgan fingerprint density at radius 2 is 0.844 bits per heavy atom. The third kappa shape index (κ3) is 4.21. The van der Waals surface area contributed by atoms with Gasteiger partial charge in [0.2, 0.25) is 0 Å². The maximum atomic E-state index is 6.35. The standard InChI is InChI=1S/C42H27NO2/c1-2-11-29(12-3-1)43(31-25-26-37-35-15-5-4-13-33(35)34-14-6-7-16-36(34)38(37)27-31)30-23-21-28(22-24-30)32-17-10-20-41-42(32)45-40-19-9-8-18-39(40)44-41/h1-27H. The predicted octanol–water partition coefficient (Wildman–Crippen LogP) is 12.2. The van der Waals surface area contributed by atoms with Crippen LogP contribution in [-0.2, 0) is 0 Å². The molecule has 0 spiro atoms. The fraction of sp³-hybridized carbons (Fsp3) is 0. The Hall–Kier alpha value is -6.06.